The number of rotatable bonds is 12. The summed E-state index contributed by atoms with van der Waals surface area (Å²) < 4.78 is 142. The molecule has 5 aliphatic heterocycles. The van der Waals surface area contributed by atoms with Crippen LogP contribution in [0.2, 0.25) is 0 Å². The SMILES string of the molecule is COc1ccc(CN(Cc2ccc(OC)cc2)c2cc(-c3nc4c5c(nc(OC[C@@]67CCCN6C[C@H](F)C7)nc5c3F)N3C[C@H]5CC[C@@H]([C@H]3C(CF)O4)N5C(=O)OC(C)(C)C)c(C(F)(F)F)c(C)c2F)cc1. The molecule has 0 N–H and O–H groups in total. The molecule has 7 heterocycles. The maximum atomic E-state index is 18.1. The van der Waals surface area contributed by atoms with Crippen LogP contribution in [0.25, 0.3) is 22.2 Å². The molecule has 4 saturated heterocycles. The van der Waals surface area contributed by atoms with Crippen molar-refractivity contribution in [3.8, 4) is 34.6 Å². The lowest BCUT2D eigenvalue weighted by Crippen LogP contribution is -2.66. The van der Waals surface area contributed by atoms with E-state index >= 15 is 26.3 Å². The van der Waals surface area contributed by atoms with Crippen LogP contribution >= 0.6 is 0 Å². The number of carbonyl (C=O) groups is 1. The van der Waals surface area contributed by atoms with Gasteiger partial charge in [-0.05, 0) is 107 Å². The number of amides is 1. The quantitative estimate of drug-likeness (QED) is 0.111. The number of benzene rings is 3. The number of carbonyl (C=O) groups excluding carboxylic acids is 1. The Bertz CT molecular complexity index is 2820. The molecule has 5 aliphatic rings. The summed E-state index contributed by atoms with van der Waals surface area (Å²) in [6.45, 7) is 5.82. The van der Waals surface area contributed by atoms with Crippen LogP contribution in [0.15, 0.2) is 54.6 Å². The van der Waals surface area contributed by atoms with Crippen LogP contribution in [0.4, 0.5) is 47.0 Å². The molecule has 5 aromatic rings. The van der Waals surface area contributed by atoms with Gasteiger partial charge in [-0.3, -0.25) is 9.80 Å². The van der Waals surface area contributed by atoms with Crippen LogP contribution in [0.1, 0.15) is 75.1 Å². The number of aromatic nitrogens is 3. The van der Waals surface area contributed by atoms with Gasteiger partial charge in [-0.1, -0.05) is 24.3 Å². The molecule has 1 amide bonds. The third-order valence-corrected chi connectivity index (χ3v) is 14.7. The summed E-state index contributed by atoms with van der Waals surface area (Å²) in [6, 6.07) is 12.2. The van der Waals surface area contributed by atoms with E-state index in [1.54, 1.807) is 79.1 Å². The van der Waals surface area contributed by atoms with Crippen molar-refractivity contribution >= 4 is 28.5 Å². The molecule has 1 unspecified atom stereocenters. The Morgan fingerprint density at radius 3 is 2.19 bits per heavy atom. The van der Waals surface area contributed by atoms with Crippen molar-refractivity contribution in [2.75, 3.05) is 56.9 Å². The molecular weight excluding hydrogens is 952 g/mol. The van der Waals surface area contributed by atoms with E-state index < -0.39 is 106 Å². The Morgan fingerprint density at radius 2 is 1.58 bits per heavy atom. The predicted molar refractivity (Wildman–Crippen MR) is 253 cm³/mol. The molecule has 0 saturated carbocycles. The topological polar surface area (TPSA) is 115 Å². The average Bonchev–Trinajstić information content (AvgIpc) is 3.95. The van der Waals surface area contributed by atoms with E-state index in [0.29, 0.717) is 48.4 Å². The highest BCUT2D eigenvalue weighted by Gasteiger charge is 2.55. The second-order valence-corrected chi connectivity index (χ2v) is 20.4. The zero-order valence-electron chi connectivity index (χ0n) is 40.8. The van der Waals surface area contributed by atoms with E-state index in [2.05, 4.69) is 9.97 Å². The lowest BCUT2D eigenvalue weighted by Gasteiger charge is -2.48. The molecule has 2 aromatic heterocycles. The van der Waals surface area contributed by atoms with Gasteiger partial charge < -0.3 is 33.5 Å². The highest BCUT2D eigenvalue weighted by Crippen LogP contribution is 2.50. The molecular formula is C52H56F7N7O6. The highest BCUT2D eigenvalue weighted by molar-refractivity contribution is 5.98. The number of piperazine rings is 1. The molecule has 13 nitrogen and oxygen atoms in total. The monoisotopic (exact) mass is 1010 g/mol. The Kier molecular flexibility index (Phi) is 12.7. The number of hydrogen-bond donors (Lipinski definition) is 0. The van der Waals surface area contributed by atoms with E-state index in [9.17, 15) is 9.18 Å². The van der Waals surface area contributed by atoms with Gasteiger partial charge in [-0.25, -0.2) is 27.3 Å². The Labute approximate surface area is 412 Å². The van der Waals surface area contributed by atoms with Gasteiger partial charge in [0.2, 0.25) is 5.88 Å². The minimum atomic E-state index is -5.26. The summed E-state index contributed by atoms with van der Waals surface area (Å²) >= 11 is 0. The summed E-state index contributed by atoms with van der Waals surface area (Å²) in [5.74, 6) is -1.90. The van der Waals surface area contributed by atoms with Crippen molar-refractivity contribution in [1.82, 2.24) is 24.8 Å². The smallest absolute Gasteiger partial charge is 0.417 e. The van der Waals surface area contributed by atoms with Crippen molar-refractivity contribution in [2.45, 2.75) is 121 Å². The number of hydrogen-bond acceptors (Lipinski definition) is 12. The molecule has 2 bridgehead atoms. The molecule has 6 atom stereocenters. The van der Waals surface area contributed by atoms with Crippen LogP contribution < -0.4 is 28.7 Å². The minimum absolute atomic E-state index is 0.0115. The summed E-state index contributed by atoms with van der Waals surface area (Å²) in [4.78, 5) is 34.5. The largest absolute Gasteiger partial charge is 0.497 e. The lowest BCUT2D eigenvalue weighted by molar-refractivity contribution is -0.137. The van der Waals surface area contributed by atoms with Crippen LogP contribution in [-0.2, 0) is 24.0 Å². The predicted octanol–water partition coefficient (Wildman–Crippen LogP) is 10.2. The van der Waals surface area contributed by atoms with Crippen LogP contribution in [-0.4, -0.2) is 120 Å². The molecule has 72 heavy (non-hydrogen) atoms. The molecule has 0 aliphatic carbocycles. The van der Waals surface area contributed by atoms with Crippen molar-refractivity contribution in [3.63, 3.8) is 0 Å². The Morgan fingerprint density at radius 1 is 0.917 bits per heavy atom. The van der Waals surface area contributed by atoms with Gasteiger partial charge in [-0.2, -0.15) is 23.1 Å². The fourth-order valence-electron chi connectivity index (χ4n) is 11.6. The number of pyridine rings is 1. The van der Waals surface area contributed by atoms with Crippen LogP contribution in [0, 0.1) is 18.6 Å². The van der Waals surface area contributed by atoms with Gasteiger partial charge in [0, 0.05) is 38.2 Å². The molecule has 20 heteroatoms. The first kappa shape index (κ1) is 49.3. The van der Waals surface area contributed by atoms with Crippen LogP contribution in [0.3, 0.4) is 0 Å². The van der Waals surface area contributed by atoms with Gasteiger partial charge >= 0.3 is 18.3 Å². The zero-order valence-corrected chi connectivity index (χ0v) is 40.8. The van der Waals surface area contributed by atoms with Crippen molar-refractivity contribution in [3.05, 3.63) is 88.5 Å². The number of ether oxygens (including phenoxy) is 5. The maximum absolute atomic E-state index is 18.1. The zero-order chi connectivity index (χ0) is 51.0. The fourth-order valence-corrected chi connectivity index (χ4v) is 11.6. The molecule has 3 aromatic carbocycles. The number of halogens is 7. The summed E-state index contributed by atoms with van der Waals surface area (Å²) in [7, 11) is 3.00. The molecule has 0 radical (unpaired) electrons. The third kappa shape index (κ3) is 8.90. The number of methoxy groups -OCH3 is 2. The van der Waals surface area contributed by atoms with Gasteiger partial charge in [0.15, 0.2) is 11.9 Å². The Balaban J connectivity index is 1.16. The number of fused-ring (bicyclic) bond motifs is 6. The summed E-state index contributed by atoms with van der Waals surface area (Å²) in [6.07, 6.45) is -5.89. The molecule has 10 rings (SSSR count). The number of anilines is 2. The first-order chi connectivity index (χ1) is 34.3. The van der Waals surface area contributed by atoms with Crippen LogP contribution in [0.5, 0.6) is 23.4 Å². The normalized spacial score (nSPS) is 23.7. The average molecular weight is 1010 g/mol. The number of alkyl halides is 5. The van der Waals surface area contributed by atoms with E-state index in [1.807, 2.05) is 4.90 Å². The van der Waals surface area contributed by atoms with Gasteiger partial charge in [0.25, 0.3) is 0 Å². The summed E-state index contributed by atoms with van der Waals surface area (Å²) in [5.41, 5.74) is -5.17. The molecule has 0 spiro atoms. The van der Waals surface area contributed by atoms with Crippen molar-refractivity contribution < 1.29 is 59.2 Å². The molecule has 384 valence electrons. The van der Waals surface area contributed by atoms with E-state index in [1.165, 1.54) is 19.1 Å². The van der Waals surface area contributed by atoms with Crippen molar-refractivity contribution in [2.24, 2.45) is 0 Å². The van der Waals surface area contributed by atoms with Gasteiger partial charge in [0.05, 0.1) is 49.1 Å². The first-order valence-corrected chi connectivity index (χ1v) is 24.1. The first-order valence-electron chi connectivity index (χ1n) is 24.1. The van der Waals surface area contributed by atoms with E-state index in [-0.39, 0.29) is 62.1 Å². The third-order valence-electron chi connectivity index (χ3n) is 14.7. The summed E-state index contributed by atoms with van der Waals surface area (Å²) in [5, 5.41) is -0.159. The number of nitrogens with zero attached hydrogens (tertiary/aromatic N) is 7. The second kappa shape index (κ2) is 18.6. The van der Waals surface area contributed by atoms with Crippen molar-refractivity contribution in [1.29, 1.82) is 0 Å². The maximum Gasteiger partial charge on any atom is 0.417 e. The van der Waals surface area contributed by atoms with E-state index in [4.69, 9.17) is 28.7 Å². The fraction of sp³-hybridized carbons (Fsp3) is 0.500. The standard InChI is InChI=1S/C52H56F7N7O6/c1-28-40(52(57,58)59)35(20-37(41(28)55)63(23-29-8-13-33(68-5)14-9-29)24-30-10-15-34(69-6)16-11-30)43-42(56)44-39-46(62-48(61-44)70-27-51-18-7-19-64(51)25-31(54)21-51)65-26-32-12-17-36(66(32)49(67)72-50(2,3)4)45(65)38(22-53)71-47(39)60-43/h8-11,13-16,20,31-32,36,38,45H,7,12,17-19,21-27H2,1-6H3/t31-,32-,36+,38?,45+,51+/m1/s1. The second-order valence-electron chi connectivity index (χ2n) is 20.4. The lowest BCUT2D eigenvalue weighted by atomic mass is 9.95. The van der Waals surface area contributed by atoms with Gasteiger partial charge in [-0.15, -0.1) is 0 Å². The van der Waals surface area contributed by atoms with Gasteiger partial charge in [0.1, 0.15) is 64.8 Å². The van der Waals surface area contributed by atoms with E-state index in [0.717, 1.165) is 19.4 Å². The Hall–Kier alpha value is -6.31. The minimum Gasteiger partial charge on any atom is -0.497 e. The highest BCUT2D eigenvalue weighted by atomic mass is 19.4. The molecule has 4 fully saturated rings.